The molecule has 28 heavy (non-hydrogen) atoms. The Morgan fingerprint density at radius 3 is 2.54 bits per heavy atom. The van der Waals surface area contributed by atoms with Crippen LogP contribution in [-0.2, 0) is 9.59 Å². The molecular weight excluding hydrogens is 364 g/mol. The highest BCUT2D eigenvalue weighted by Crippen LogP contribution is 2.35. The molecule has 2 aliphatic heterocycles. The molecule has 2 aliphatic rings. The number of carbonyl (C=O) groups is 5. The molecule has 1 aromatic carbocycles. The summed E-state index contributed by atoms with van der Waals surface area (Å²) in [6, 6.07) is 6.54. The Morgan fingerprint density at radius 2 is 1.82 bits per heavy atom. The molecule has 0 spiro atoms. The van der Waals surface area contributed by atoms with Gasteiger partial charge in [0.2, 0.25) is 11.8 Å². The van der Waals surface area contributed by atoms with E-state index in [-0.39, 0.29) is 40.8 Å². The third-order valence-electron chi connectivity index (χ3n) is 4.80. The number of aromatic nitrogens is 1. The summed E-state index contributed by atoms with van der Waals surface area (Å²) >= 11 is 0. The summed E-state index contributed by atoms with van der Waals surface area (Å²) < 4.78 is 0. The van der Waals surface area contributed by atoms with Crippen molar-refractivity contribution in [2.24, 2.45) is 5.73 Å². The van der Waals surface area contributed by atoms with Crippen molar-refractivity contribution in [3.63, 3.8) is 0 Å². The van der Waals surface area contributed by atoms with E-state index in [2.05, 4.69) is 10.3 Å². The van der Waals surface area contributed by atoms with Gasteiger partial charge < -0.3 is 5.73 Å². The summed E-state index contributed by atoms with van der Waals surface area (Å²) in [5, 5.41) is 2.15. The lowest BCUT2D eigenvalue weighted by Gasteiger charge is -2.27. The molecule has 1 aromatic heterocycles. The van der Waals surface area contributed by atoms with E-state index in [0.29, 0.717) is 0 Å². The molecular formula is C19H14N4O5. The zero-order chi connectivity index (χ0) is 20.0. The molecule has 9 nitrogen and oxygen atoms in total. The number of benzene rings is 1. The topological polar surface area (TPSA) is 140 Å². The number of rotatable bonds is 3. The van der Waals surface area contributed by atoms with Crippen LogP contribution in [-0.4, -0.2) is 45.5 Å². The van der Waals surface area contributed by atoms with Crippen molar-refractivity contribution in [1.29, 1.82) is 0 Å². The molecule has 1 unspecified atom stereocenters. The third-order valence-corrected chi connectivity index (χ3v) is 4.80. The van der Waals surface area contributed by atoms with Crippen molar-refractivity contribution in [2.75, 3.05) is 0 Å². The van der Waals surface area contributed by atoms with Crippen molar-refractivity contribution in [2.45, 2.75) is 18.9 Å². The summed E-state index contributed by atoms with van der Waals surface area (Å²) in [5.74, 6) is -3.17. The first-order valence-electron chi connectivity index (χ1n) is 8.50. The smallest absolute Gasteiger partial charge is 0.262 e. The van der Waals surface area contributed by atoms with Gasteiger partial charge in [-0.1, -0.05) is 12.1 Å². The van der Waals surface area contributed by atoms with Gasteiger partial charge in [0, 0.05) is 18.2 Å². The number of hydrogen-bond acceptors (Lipinski definition) is 6. The summed E-state index contributed by atoms with van der Waals surface area (Å²) in [6.45, 7) is 0. The second-order valence-electron chi connectivity index (χ2n) is 6.44. The Labute approximate surface area is 158 Å². The van der Waals surface area contributed by atoms with Crippen LogP contribution in [0, 0.1) is 0 Å². The monoisotopic (exact) mass is 378 g/mol. The Kier molecular flexibility index (Phi) is 3.99. The number of hydrogen-bond donors (Lipinski definition) is 2. The lowest BCUT2D eigenvalue weighted by atomic mass is 9.97. The number of imide groups is 2. The first-order valence-corrected chi connectivity index (χ1v) is 8.50. The van der Waals surface area contributed by atoms with Gasteiger partial charge in [-0.15, -0.1) is 0 Å². The van der Waals surface area contributed by atoms with Gasteiger partial charge in [-0.3, -0.25) is 39.2 Å². The van der Waals surface area contributed by atoms with E-state index < -0.39 is 35.6 Å². The number of pyridine rings is 1. The zero-order valence-electron chi connectivity index (χ0n) is 14.5. The molecule has 140 valence electrons. The molecule has 2 aromatic rings. The Hall–Kier alpha value is -3.88. The number of nitrogens with zero attached hydrogens (tertiary/aromatic N) is 2. The molecule has 1 saturated heterocycles. The lowest BCUT2D eigenvalue weighted by molar-refractivity contribution is -0.136. The van der Waals surface area contributed by atoms with Gasteiger partial charge in [0.05, 0.1) is 22.4 Å². The van der Waals surface area contributed by atoms with E-state index in [4.69, 9.17) is 5.73 Å². The molecule has 0 saturated carbocycles. The largest absolute Gasteiger partial charge is 0.366 e. The van der Waals surface area contributed by atoms with Crippen LogP contribution in [0.2, 0.25) is 0 Å². The van der Waals surface area contributed by atoms with Crippen molar-refractivity contribution >= 4 is 29.5 Å². The fourth-order valence-electron chi connectivity index (χ4n) is 3.53. The number of amides is 5. The first-order chi connectivity index (χ1) is 13.4. The summed E-state index contributed by atoms with van der Waals surface area (Å²) in [4.78, 5) is 66.3. The SMILES string of the molecule is NC(=O)c1cccnc1-c1cccc2c1C(=O)N(C1CCC(=O)NC1=O)C2=O. The molecule has 3 heterocycles. The van der Waals surface area contributed by atoms with E-state index in [1.807, 2.05) is 0 Å². The minimum absolute atomic E-state index is 0.0305. The number of nitrogens with one attached hydrogen (secondary N) is 1. The van der Waals surface area contributed by atoms with E-state index >= 15 is 0 Å². The highest BCUT2D eigenvalue weighted by molar-refractivity contribution is 6.26. The number of nitrogens with two attached hydrogens (primary N) is 1. The van der Waals surface area contributed by atoms with Gasteiger partial charge in [-0.2, -0.15) is 0 Å². The molecule has 1 atom stereocenters. The minimum atomic E-state index is -1.07. The highest BCUT2D eigenvalue weighted by Gasteiger charge is 2.45. The van der Waals surface area contributed by atoms with Crippen molar-refractivity contribution < 1.29 is 24.0 Å². The van der Waals surface area contributed by atoms with Gasteiger partial charge in [0.1, 0.15) is 6.04 Å². The van der Waals surface area contributed by atoms with Crippen LogP contribution in [0.1, 0.15) is 43.9 Å². The van der Waals surface area contributed by atoms with Gasteiger partial charge in [-0.25, -0.2) is 0 Å². The van der Waals surface area contributed by atoms with Crippen LogP contribution in [0.3, 0.4) is 0 Å². The van der Waals surface area contributed by atoms with Gasteiger partial charge in [-0.05, 0) is 24.6 Å². The minimum Gasteiger partial charge on any atom is -0.366 e. The molecule has 0 radical (unpaired) electrons. The molecule has 0 bridgehead atoms. The van der Waals surface area contributed by atoms with E-state index in [1.54, 1.807) is 12.1 Å². The maximum absolute atomic E-state index is 13.1. The van der Waals surface area contributed by atoms with Crippen molar-refractivity contribution in [3.8, 4) is 11.3 Å². The molecule has 0 aliphatic carbocycles. The van der Waals surface area contributed by atoms with Gasteiger partial charge in [0.15, 0.2) is 0 Å². The Morgan fingerprint density at radius 1 is 1.07 bits per heavy atom. The summed E-state index contributed by atoms with van der Waals surface area (Å²) in [6.07, 6.45) is 1.53. The predicted octanol–water partition coefficient (Wildman–Crippen LogP) is 0.249. The predicted molar refractivity (Wildman–Crippen MR) is 94.9 cm³/mol. The maximum Gasteiger partial charge on any atom is 0.262 e. The molecule has 4 rings (SSSR count). The Balaban J connectivity index is 1.83. The number of carbonyl (C=O) groups excluding carboxylic acids is 5. The van der Waals surface area contributed by atoms with Crippen LogP contribution in [0.25, 0.3) is 11.3 Å². The molecule has 5 amide bonds. The van der Waals surface area contributed by atoms with Crippen LogP contribution < -0.4 is 11.1 Å². The average Bonchev–Trinajstić information content (AvgIpc) is 2.93. The normalized spacial score (nSPS) is 18.9. The Bertz CT molecular complexity index is 1080. The van der Waals surface area contributed by atoms with Crippen molar-refractivity contribution in [1.82, 2.24) is 15.2 Å². The van der Waals surface area contributed by atoms with E-state index in [0.717, 1.165) is 4.90 Å². The average molecular weight is 378 g/mol. The highest BCUT2D eigenvalue weighted by atomic mass is 16.2. The summed E-state index contributed by atoms with van der Waals surface area (Å²) in [5.41, 5.74) is 6.13. The van der Waals surface area contributed by atoms with Crippen LogP contribution in [0.15, 0.2) is 36.5 Å². The lowest BCUT2D eigenvalue weighted by Crippen LogP contribution is -2.54. The third kappa shape index (κ3) is 2.56. The number of piperidine rings is 1. The van der Waals surface area contributed by atoms with Crippen molar-refractivity contribution in [3.05, 3.63) is 53.2 Å². The quantitative estimate of drug-likeness (QED) is 0.734. The van der Waals surface area contributed by atoms with Gasteiger partial charge in [0.25, 0.3) is 17.7 Å². The van der Waals surface area contributed by atoms with Crippen LogP contribution >= 0.6 is 0 Å². The summed E-state index contributed by atoms with van der Waals surface area (Å²) in [7, 11) is 0. The zero-order valence-corrected chi connectivity index (χ0v) is 14.5. The van der Waals surface area contributed by atoms with E-state index in [9.17, 15) is 24.0 Å². The fraction of sp³-hybridized carbons (Fsp3) is 0.158. The van der Waals surface area contributed by atoms with E-state index in [1.165, 1.54) is 24.4 Å². The van der Waals surface area contributed by atoms with Crippen LogP contribution in [0.5, 0.6) is 0 Å². The fourth-order valence-corrected chi connectivity index (χ4v) is 3.53. The standard InChI is InChI=1S/C19H14N4O5/c20-16(25)11-5-2-8-21-15(11)9-3-1-4-10-14(9)19(28)23(18(10)27)12-6-7-13(24)22-17(12)26/h1-5,8,12H,6-7H2,(H2,20,25)(H,22,24,26). The maximum atomic E-state index is 13.1. The molecule has 9 heteroatoms. The first kappa shape index (κ1) is 17.5. The van der Waals surface area contributed by atoms with Crippen LogP contribution in [0.4, 0.5) is 0 Å². The second kappa shape index (κ2) is 6.38. The second-order valence-corrected chi connectivity index (χ2v) is 6.44. The van der Waals surface area contributed by atoms with Gasteiger partial charge >= 0.3 is 0 Å². The number of primary amides is 1. The molecule has 1 fully saturated rings. The number of fused-ring (bicyclic) bond motifs is 1. The molecule has 3 N–H and O–H groups in total.